The third kappa shape index (κ3) is 2.87. The van der Waals surface area contributed by atoms with Crippen LogP contribution in [0.1, 0.15) is 34.3 Å². The molecule has 3 aliphatic rings. The SMILES string of the molecule is O=C1C2C(C(=O)N1Cc1ccccc1)C1c3ccccc3C2N1C/C=C/c1ccccc1. The van der Waals surface area contributed by atoms with Crippen LogP contribution in [0, 0.1) is 11.8 Å². The number of nitrogens with zero attached hydrogens (tertiary/aromatic N) is 2. The van der Waals surface area contributed by atoms with E-state index in [4.69, 9.17) is 0 Å². The molecule has 4 nitrogen and oxygen atoms in total. The van der Waals surface area contributed by atoms with Gasteiger partial charge in [0.1, 0.15) is 0 Å². The van der Waals surface area contributed by atoms with Crippen molar-refractivity contribution in [3.8, 4) is 0 Å². The van der Waals surface area contributed by atoms with Crippen molar-refractivity contribution in [3.05, 3.63) is 113 Å². The van der Waals surface area contributed by atoms with Crippen LogP contribution in [0.15, 0.2) is 91.0 Å². The number of hydrogen-bond donors (Lipinski definition) is 0. The first-order valence-corrected chi connectivity index (χ1v) is 11.2. The molecule has 0 aromatic heterocycles. The normalized spacial score (nSPS) is 26.2. The summed E-state index contributed by atoms with van der Waals surface area (Å²) < 4.78 is 0. The molecule has 2 amide bonds. The lowest BCUT2D eigenvalue weighted by molar-refractivity contribution is -0.142. The molecule has 0 saturated carbocycles. The molecule has 32 heavy (non-hydrogen) atoms. The van der Waals surface area contributed by atoms with E-state index in [-0.39, 0.29) is 35.7 Å². The first-order valence-electron chi connectivity index (χ1n) is 11.2. The number of amides is 2. The van der Waals surface area contributed by atoms with Gasteiger partial charge in [-0.2, -0.15) is 0 Å². The van der Waals surface area contributed by atoms with Gasteiger partial charge in [-0.05, 0) is 22.3 Å². The quantitative estimate of drug-likeness (QED) is 0.566. The molecule has 0 N–H and O–H groups in total. The fourth-order valence-corrected chi connectivity index (χ4v) is 5.84. The standard InChI is InChI=1S/C28H24N2O2/c31-27-23-24(28(32)30(27)18-20-12-5-2-6-13-20)26-22-16-8-7-15-21(22)25(23)29(26)17-9-14-19-10-3-1-4-11-19/h1-16,23-26H,17-18H2/b14-9+. The van der Waals surface area contributed by atoms with E-state index in [1.165, 1.54) is 16.0 Å². The number of fused-ring (bicyclic) bond motifs is 8. The monoisotopic (exact) mass is 420 g/mol. The van der Waals surface area contributed by atoms with Crippen molar-refractivity contribution >= 4 is 17.9 Å². The van der Waals surface area contributed by atoms with Crippen LogP contribution in [0.4, 0.5) is 0 Å². The van der Waals surface area contributed by atoms with Crippen molar-refractivity contribution < 1.29 is 9.59 Å². The van der Waals surface area contributed by atoms with Crippen LogP contribution in [0.2, 0.25) is 0 Å². The van der Waals surface area contributed by atoms with E-state index in [0.29, 0.717) is 13.1 Å². The van der Waals surface area contributed by atoms with Gasteiger partial charge >= 0.3 is 0 Å². The molecule has 3 aromatic carbocycles. The molecule has 3 aliphatic heterocycles. The van der Waals surface area contributed by atoms with E-state index < -0.39 is 0 Å². The Morgan fingerprint density at radius 3 is 1.81 bits per heavy atom. The van der Waals surface area contributed by atoms with Crippen molar-refractivity contribution in [2.24, 2.45) is 11.8 Å². The molecule has 2 fully saturated rings. The van der Waals surface area contributed by atoms with Gasteiger partial charge < -0.3 is 0 Å². The molecule has 2 bridgehead atoms. The van der Waals surface area contributed by atoms with Gasteiger partial charge in [-0.3, -0.25) is 19.4 Å². The van der Waals surface area contributed by atoms with Gasteiger partial charge in [0.2, 0.25) is 11.8 Å². The van der Waals surface area contributed by atoms with Crippen molar-refractivity contribution in [1.29, 1.82) is 0 Å². The summed E-state index contributed by atoms with van der Waals surface area (Å²) in [6, 6.07) is 28.2. The predicted molar refractivity (Wildman–Crippen MR) is 123 cm³/mol. The maximum atomic E-state index is 13.5. The summed E-state index contributed by atoms with van der Waals surface area (Å²) in [5.41, 5.74) is 4.55. The topological polar surface area (TPSA) is 40.6 Å². The summed E-state index contributed by atoms with van der Waals surface area (Å²) in [5.74, 6) is -0.640. The minimum absolute atomic E-state index is 0.0251. The Kier molecular flexibility index (Phi) is 4.54. The number of benzene rings is 3. The van der Waals surface area contributed by atoms with E-state index >= 15 is 0 Å². The minimum Gasteiger partial charge on any atom is -0.284 e. The minimum atomic E-state index is -0.295. The van der Waals surface area contributed by atoms with Gasteiger partial charge in [-0.1, -0.05) is 97.1 Å². The molecule has 0 aliphatic carbocycles. The highest BCUT2D eigenvalue weighted by Crippen LogP contribution is 2.62. The maximum Gasteiger partial charge on any atom is 0.235 e. The molecule has 4 heteroatoms. The first-order chi connectivity index (χ1) is 15.7. The van der Waals surface area contributed by atoms with Crippen molar-refractivity contribution in [2.75, 3.05) is 6.54 Å². The second kappa shape index (κ2) is 7.57. The number of carbonyl (C=O) groups is 2. The smallest absolute Gasteiger partial charge is 0.235 e. The molecule has 6 rings (SSSR count). The van der Waals surface area contributed by atoms with E-state index in [1.807, 2.05) is 60.7 Å². The number of hydrogen-bond acceptors (Lipinski definition) is 3. The van der Waals surface area contributed by atoms with Crippen LogP contribution in [0.3, 0.4) is 0 Å². The zero-order chi connectivity index (χ0) is 21.7. The Balaban J connectivity index is 1.31. The molecule has 3 heterocycles. The second-order valence-corrected chi connectivity index (χ2v) is 8.83. The van der Waals surface area contributed by atoms with Crippen molar-refractivity contribution in [1.82, 2.24) is 9.80 Å². The van der Waals surface area contributed by atoms with Crippen LogP contribution in [-0.2, 0) is 16.1 Å². The summed E-state index contributed by atoms with van der Waals surface area (Å²) in [4.78, 5) is 30.9. The van der Waals surface area contributed by atoms with Crippen molar-refractivity contribution in [3.63, 3.8) is 0 Å². The number of likely N-dealkylation sites (tertiary alicyclic amines) is 1. The number of imide groups is 1. The molecule has 4 unspecified atom stereocenters. The molecule has 158 valence electrons. The lowest BCUT2D eigenvalue weighted by Gasteiger charge is -2.25. The van der Waals surface area contributed by atoms with E-state index in [0.717, 1.165) is 11.1 Å². The van der Waals surface area contributed by atoms with Gasteiger partial charge in [-0.15, -0.1) is 0 Å². The number of rotatable bonds is 5. The van der Waals surface area contributed by atoms with Crippen LogP contribution in [0.5, 0.6) is 0 Å². The zero-order valence-electron chi connectivity index (χ0n) is 17.7. The third-order valence-corrected chi connectivity index (χ3v) is 7.13. The highest BCUT2D eigenvalue weighted by molar-refractivity contribution is 6.07. The average molecular weight is 421 g/mol. The molecule has 3 aromatic rings. The molecule has 4 atom stereocenters. The average Bonchev–Trinajstić information content (AvgIpc) is 3.41. The lowest BCUT2D eigenvalue weighted by atomic mass is 9.77. The first kappa shape index (κ1) is 19.2. The van der Waals surface area contributed by atoms with E-state index in [9.17, 15) is 9.59 Å². The van der Waals surface area contributed by atoms with E-state index in [1.54, 1.807) is 0 Å². The Morgan fingerprint density at radius 2 is 1.22 bits per heavy atom. The molecule has 2 saturated heterocycles. The van der Waals surface area contributed by atoms with E-state index in [2.05, 4.69) is 41.3 Å². The Morgan fingerprint density at radius 1 is 0.688 bits per heavy atom. The third-order valence-electron chi connectivity index (χ3n) is 7.13. The van der Waals surface area contributed by atoms with Crippen LogP contribution >= 0.6 is 0 Å². The van der Waals surface area contributed by atoms with Crippen LogP contribution < -0.4 is 0 Å². The highest BCUT2D eigenvalue weighted by Gasteiger charge is 2.65. The summed E-state index contributed by atoms with van der Waals surface area (Å²) in [6.45, 7) is 1.07. The Labute approximate surface area is 187 Å². The Bertz CT molecular complexity index is 1160. The van der Waals surface area contributed by atoms with Crippen LogP contribution in [-0.4, -0.2) is 28.2 Å². The number of carbonyl (C=O) groups excluding carboxylic acids is 2. The second-order valence-electron chi connectivity index (χ2n) is 8.83. The summed E-state index contributed by atoms with van der Waals surface area (Å²) in [5, 5.41) is 0. The molecular weight excluding hydrogens is 396 g/mol. The van der Waals surface area contributed by atoms with Crippen molar-refractivity contribution in [2.45, 2.75) is 18.6 Å². The molecular formula is C28H24N2O2. The molecule has 0 radical (unpaired) electrons. The fourth-order valence-electron chi connectivity index (χ4n) is 5.84. The lowest BCUT2D eigenvalue weighted by Crippen LogP contribution is -2.35. The Hall–Kier alpha value is -3.50. The predicted octanol–water partition coefficient (Wildman–Crippen LogP) is 4.61. The summed E-state index contributed by atoms with van der Waals surface area (Å²) in [6.07, 6.45) is 4.27. The van der Waals surface area contributed by atoms with Crippen LogP contribution in [0.25, 0.3) is 6.08 Å². The van der Waals surface area contributed by atoms with Gasteiger partial charge in [0.15, 0.2) is 0 Å². The zero-order valence-corrected chi connectivity index (χ0v) is 17.7. The highest BCUT2D eigenvalue weighted by atomic mass is 16.2. The van der Waals surface area contributed by atoms with Gasteiger partial charge in [0, 0.05) is 18.6 Å². The summed E-state index contributed by atoms with van der Waals surface area (Å²) >= 11 is 0. The largest absolute Gasteiger partial charge is 0.284 e. The van der Waals surface area contributed by atoms with Gasteiger partial charge in [0.05, 0.1) is 18.4 Å². The van der Waals surface area contributed by atoms with Gasteiger partial charge in [-0.25, -0.2) is 0 Å². The summed E-state index contributed by atoms with van der Waals surface area (Å²) in [7, 11) is 0. The van der Waals surface area contributed by atoms with Gasteiger partial charge in [0.25, 0.3) is 0 Å². The molecule has 0 spiro atoms. The maximum absolute atomic E-state index is 13.5. The fraction of sp³-hybridized carbons (Fsp3) is 0.214.